The van der Waals surface area contributed by atoms with Crippen LogP contribution < -0.4 is 29.6 Å². The second kappa shape index (κ2) is 12.0. The van der Waals surface area contributed by atoms with Gasteiger partial charge in [0.05, 0.1) is 37.3 Å². The Kier molecular flexibility index (Phi) is 8.20. The number of halogens is 3. The molecule has 12 heteroatoms. The lowest BCUT2D eigenvalue weighted by molar-refractivity contribution is -0.139. The molecule has 1 aliphatic carbocycles. The molecule has 2 heterocycles. The summed E-state index contributed by atoms with van der Waals surface area (Å²) in [7, 11) is 4.54. The minimum Gasteiger partial charge on any atom is -0.493 e. The van der Waals surface area contributed by atoms with E-state index < -0.39 is 17.8 Å². The van der Waals surface area contributed by atoms with Gasteiger partial charge < -0.3 is 34.3 Å². The summed E-state index contributed by atoms with van der Waals surface area (Å²) in [6.45, 7) is 0.140. The molecule has 3 aromatic rings. The van der Waals surface area contributed by atoms with Gasteiger partial charge in [-0.05, 0) is 55.0 Å². The summed E-state index contributed by atoms with van der Waals surface area (Å²) in [5, 5.41) is 7.24. The van der Waals surface area contributed by atoms with E-state index in [-0.39, 0.29) is 19.0 Å². The maximum absolute atomic E-state index is 13.6. The maximum atomic E-state index is 13.6. The average Bonchev–Trinajstić information content (AvgIpc) is 3.81. The molecule has 1 unspecified atom stereocenters. The van der Waals surface area contributed by atoms with Crippen molar-refractivity contribution in [2.75, 3.05) is 39.9 Å². The van der Waals surface area contributed by atoms with Crippen molar-refractivity contribution < 1.29 is 36.9 Å². The smallest absolute Gasteiger partial charge is 0.419 e. The average molecular weight is 571 g/mol. The molecule has 1 atom stereocenters. The van der Waals surface area contributed by atoms with E-state index in [4.69, 9.17) is 23.7 Å². The lowest BCUT2D eigenvalue weighted by Gasteiger charge is -2.27. The predicted octanol–water partition coefficient (Wildman–Crippen LogP) is 5.60. The Balaban J connectivity index is 1.44. The first-order valence-corrected chi connectivity index (χ1v) is 12.8. The normalized spacial score (nSPS) is 16.1. The van der Waals surface area contributed by atoms with E-state index in [2.05, 4.69) is 20.6 Å². The molecule has 1 saturated carbocycles. The molecule has 0 spiro atoms. The number of nitrogens with zero attached hydrogens (tertiary/aromatic N) is 2. The third kappa shape index (κ3) is 6.32. The highest BCUT2D eigenvalue weighted by Gasteiger charge is 2.35. The van der Waals surface area contributed by atoms with Crippen LogP contribution in [-0.4, -0.2) is 50.6 Å². The molecule has 0 radical (unpaired) electrons. The molecule has 1 aromatic heterocycles. The molecule has 2 aliphatic rings. The Labute approximate surface area is 234 Å². The molecule has 1 fully saturated rings. The molecule has 2 N–H and O–H groups in total. The Morgan fingerprint density at radius 3 is 2.49 bits per heavy atom. The number of hydrogen-bond acceptors (Lipinski definition) is 9. The molecule has 0 amide bonds. The third-order valence-electron chi connectivity index (χ3n) is 6.50. The van der Waals surface area contributed by atoms with Crippen LogP contribution in [0.1, 0.15) is 18.4 Å². The Bertz CT molecular complexity index is 1510. The summed E-state index contributed by atoms with van der Waals surface area (Å²) in [6.07, 6.45) is 3.92. The number of benzene rings is 2. The quantitative estimate of drug-likeness (QED) is 0.286. The van der Waals surface area contributed by atoms with Crippen molar-refractivity contribution in [3.8, 4) is 23.1 Å². The lowest BCUT2D eigenvalue weighted by atomic mass is 10.1. The van der Waals surface area contributed by atoms with Gasteiger partial charge in [0.15, 0.2) is 11.5 Å². The van der Waals surface area contributed by atoms with Gasteiger partial charge in [-0.25, -0.2) is 9.97 Å². The number of aromatic nitrogens is 2. The van der Waals surface area contributed by atoms with Gasteiger partial charge in [0.1, 0.15) is 30.5 Å². The number of alkyl halides is 3. The predicted molar refractivity (Wildman–Crippen MR) is 146 cm³/mol. The summed E-state index contributed by atoms with van der Waals surface area (Å²) in [4.78, 5) is 8.69. The molecule has 216 valence electrons. The minimum absolute atomic E-state index is 0.0176. The molecular formula is C29H29F3N4O5. The van der Waals surface area contributed by atoms with E-state index in [1.807, 2.05) is 6.08 Å². The van der Waals surface area contributed by atoms with Crippen LogP contribution in [0.4, 0.5) is 18.9 Å². The standard InChI is InChI=1S/C29H29F3N4O5/c1-37-11-12-40-23-13-18(8-9-20(23)29(30,31)32)36-26(17-6-7-17)27-22(5-4-10-33-27)41-28-19-14-24(38-2)25(39-3)15-21(19)34-16-35-28/h4-5,8-10,13-16,27,33,36H,6-7,11-12H2,1-3H3. The van der Waals surface area contributed by atoms with Crippen molar-refractivity contribution in [2.24, 2.45) is 0 Å². The van der Waals surface area contributed by atoms with Gasteiger partial charge in [0, 0.05) is 30.6 Å². The first-order chi connectivity index (χ1) is 19.8. The second-order valence-corrected chi connectivity index (χ2v) is 9.23. The van der Waals surface area contributed by atoms with Crippen molar-refractivity contribution in [1.82, 2.24) is 15.3 Å². The van der Waals surface area contributed by atoms with Gasteiger partial charge in [-0.3, -0.25) is 0 Å². The van der Waals surface area contributed by atoms with E-state index in [1.165, 1.54) is 32.7 Å². The van der Waals surface area contributed by atoms with Gasteiger partial charge in [-0.15, -0.1) is 0 Å². The van der Waals surface area contributed by atoms with Crippen molar-refractivity contribution in [2.45, 2.75) is 25.1 Å². The van der Waals surface area contributed by atoms with Gasteiger partial charge in [-0.1, -0.05) is 0 Å². The summed E-state index contributed by atoms with van der Waals surface area (Å²) >= 11 is 0. The third-order valence-corrected chi connectivity index (χ3v) is 6.50. The van der Waals surface area contributed by atoms with Gasteiger partial charge >= 0.3 is 6.18 Å². The number of hydrogen-bond donors (Lipinski definition) is 2. The van der Waals surface area contributed by atoms with Crippen LogP contribution in [0.15, 0.2) is 72.0 Å². The maximum Gasteiger partial charge on any atom is 0.419 e. The first kappa shape index (κ1) is 28.1. The highest BCUT2D eigenvalue weighted by atomic mass is 19.4. The Hall–Kier alpha value is -4.45. The molecular weight excluding hydrogens is 541 g/mol. The molecule has 0 bridgehead atoms. The van der Waals surface area contributed by atoms with E-state index in [0.717, 1.165) is 30.2 Å². The van der Waals surface area contributed by atoms with Crippen LogP contribution >= 0.6 is 0 Å². The first-order valence-electron chi connectivity index (χ1n) is 12.8. The fraction of sp³-hybridized carbons (Fsp3) is 0.310. The summed E-state index contributed by atoms with van der Waals surface area (Å²) in [5.74, 6) is 1.59. The van der Waals surface area contributed by atoms with Gasteiger partial charge in [0.2, 0.25) is 5.88 Å². The topological polar surface area (TPSA) is 96.0 Å². The van der Waals surface area contributed by atoms with Crippen molar-refractivity contribution in [1.29, 1.82) is 0 Å². The number of rotatable bonds is 11. The van der Waals surface area contributed by atoms with Gasteiger partial charge in [0.25, 0.3) is 0 Å². The van der Waals surface area contributed by atoms with Crippen molar-refractivity contribution in [3.05, 3.63) is 77.6 Å². The summed E-state index contributed by atoms with van der Waals surface area (Å²) in [6, 6.07) is 6.77. The summed E-state index contributed by atoms with van der Waals surface area (Å²) in [5.41, 5.74) is 2.09. The summed E-state index contributed by atoms with van der Waals surface area (Å²) < 4.78 is 68.4. The molecule has 2 aromatic carbocycles. The fourth-order valence-corrected chi connectivity index (χ4v) is 4.38. The van der Waals surface area contributed by atoms with E-state index in [1.54, 1.807) is 31.5 Å². The molecule has 0 saturated heterocycles. The number of fused-ring (bicyclic) bond motifs is 1. The van der Waals surface area contributed by atoms with E-state index in [9.17, 15) is 13.2 Å². The van der Waals surface area contributed by atoms with Crippen LogP contribution in [0.3, 0.4) is 0 Å². The van der Waals surface area contributed by atoms with Crippen LogP contribution in [0.2, 0.25) is 0 Å². The second-order valence-electron chi connectivity index (χ2n) is 9.23. The number of methoxy groups -OCH3 is 3. The largest absolute Gasteiger partial charge is 0.493 e. The van der Waals surface area contributed by atoms with Crippen LogP contribution in [-0.2, 0) is 10.9 Å². The van der Waals surface area contributed by atoms with Crippen LogP contribution in [0.5, 0.6) is 23.1 Å². The number of dihydropyridines is 1. The Morgan fingerprint density at radius 1 is 1.00 bits per heavy atom. The number of allylic oxidation sites excluding steroid dienone is 3. The zero-order valence-electron chi connectivity index (χ0n) is 22.7. The van der Waals surface area contributed by atoms with Crippen molar-refractivity contribution >= 4 is 16.6 Å². The molecule has 5 rings (SSSR count). The highest BCUT2D eigenvalue weighted by Crippen LogP contribution is 2.41. The number of nitrogens with one attached hydrogen (secondary N) is 2. The highest BCUT2D eigenvalue weighted by molar-refractivity contribution is 5.87. The monoisotopic (exact) mass is 570 g/mol. The SMILES string of the molecule is COCCOc1cc(NC(=C2CC2)C2NC=CC=C2Oc2ncnc3cc(OC)c(OC)cc23)ccc1C(F)(F)F. The lowest BCUT2D eigenvalue weighted by Crippen LogP contribution is -2.36. The zero-order valence-corrected chi connectivity index (χ0v) is 22.7. The van der Waals surface area contributed by atoms with Gasteiger partial charge in [-0.2, -0.15) is 13.2 Å². The van der Waals surface area contributed by atoms with Crippen LogP contribution in [0, 0.1) is 0 Å². The number of ether oxygens (including phenoxy) is 5. The van der Waals surface area contributed by atoms with Crippen LogP contribution in [0.25, 0.3) is 10.9 Å². The zero-order chi connectivity index (χ0) is 29.0. The molecule has 9 nitrogen and oxygen atoms in total. The van der Waals surface area contributed by atoms with E-state index >= 15 is 0 Å². The molecule has 41 heavy (non-hydrogen) atoms. The minimum atomic E-state index is -4.56. The Morgan fingerprint density at radius 2 is 1.78 bits per heavy atom. The number of anilines is 1. The fourth-order valence-electron chi connectivity index (χ4n) is 4.38. The van der Waals surface area contributed by atoms with Crippen molar-refractivity contribution in [3.63, 3.8) is 0 Å². The molecule has 1 aliphatic heterocycles. The van der Waals surface area contributed by atoms with E-state index in [0.29, 0.717) is 39.7 Å².